The first-order valence-electron chi connectivity index (χ1n) is 23.1. The lowest BCUT2D eigenvalue weighted by Crippen LogP contribution is -2.28. The second kappa shape index (κ2) is 15.8. The summed E-state index contributed by atoms with van der Waals surface area (Å²) >= 11 is 0. The van der Waals surface area contributed by atoms with Crippen molar-refractivity contribution in [3.05, 3.63) is 283 Å². The maximum atomic E-state index is 6.45. The summed E-state index contributed by atoms with van der Waals surface area (Å²) in [7, 11) is 0. The number of furan rings is 1. The van der Waals surface area contributed by atoms with Crippen molar-refractivity contribution in [1.82, 2.24) is 0 Å². The first-order chi connectivity index (χ1) is 33.2. The van der Waals surface area contributed by atoms with E-state index in [1.807, 2.05) is 12.1 Å². The van der Waals surface area contributed by atoms with Crippen molar-refractivity contribution in [2.24, 2.45) is 0 Å². The average molecular weight is 854 g/mol. The molecule has 0 unspecified atom stereocenters. The molecule has 67 heavy (non-hydrogen) atoms. The fourth-order valence-electron chi connectivity index (χ4n) is 10.9. The second-order valence-electron chi connectivity index (χ2n) is 17.6. The van der Waals surface area contributed by atoms with Gasteiger partial charge in [0.2, 0.25) is 0 Å². The maximum Gasteiger partial charge on any atom is 0.143 e. The molecule has 0 saturated heterocycles. The molecule has 0 atom stereocenters. The molecular weight excluding hydrogens is 811 g/mol. The van der Waals surface area contributed by atoms with Gasteiger partial charge in [0.1, 0.15) is 11.2 Å². The van der Waals surface area contributed by atoms with Gasteiger partial charge in [0.05, 0.1) is 5.41 Å². The summed E-state index contributed by atoms with van der Waals surface area (Å²) in [5, 5.41) is 4.75. The van der Waals surface area contributed by atoms with E-state index in [1.165, 1.54) is 60.8 Å². The van der Waals surface area contributed by atoms with E-state index in [2.05, 4.69) is 254 Å². The van der Waals surface area contributed by atoms with E-state index in [9.17, 15) is 0 Å². The van der Waals surface area contributed by atoms with Gasteiger partial charge in [-0.1, -0.05) is 218 Å². The Morgan fingerprint density at radius 1 is 0.284 bits per heavy atom. The first-order valence-corrected chi connectivity index (χ1v) is 23.1. The summed E-state index contributed by atoms with van der Waals surface area (Å²) < 4.78 is 6.45. The van der Waals surface area contributed by atoms with Gasteiger partial charge >= 0.3 is 0 Å². The molecule has 0 amide bonds. The Morgan fingerprint density at radius 2 is 0.716 bits per heavy atom. The van der Waals surface area contributed by atoms with Crippen molar-refractivity contribution in [3.63, 3.8) is 0 Å². The zero-order chi connectivity index (χ0) is 44.3. The van der Waals surface area contributed by atoms with Crippen LogP contribution in [0, 0.1) is 0 Å². The molecule has 0 radical (unpaired) electrons. The van der Waals surface area contributed by atoms with Crippen molar-refractivity contribution in [1.29, 1.82) is 0 Å². The monoisotopic (exact) mass is 853 g/mol. The highest BCUT2D eigenvalue weighted by molar-refractivity contribution is 6.09. The number of para-hydroxylation sites is 2. The van der Waals surface area contributed by atoms with E-state index in [4.69, 9.17) is 4.42 Å². The second-order valence-corrected chi connectivity index (χ2v) is 17.6. The van der Waals surface area contributed by atoms with Gasteiger partial charge in [-0.2, -0.15) is 0 Å². The molecule has 0 spiro atoms. The molecule has 1 aliphatic carbocycles. The van der Waals surface area contributed by atoms with Crippen LogP contribution in [0.15, 0.2) is 265 Å². The zero-order valence-corrected chi connectivity index (χ0v) is 36.7. The fourth-order valence-corrected chi connectivity index (χ4v) is 10.9. The lowest BCUT2D eigenvalue weighted by Gasteiger charge is -2.34. The number of benzene rings is 11. The number of nitrogens with zero attached hydrogens (tertiary/aromatic N) is 1. The summed E-state index contributed by atoms with van der Waals surface area (Å²) in [6.45, 7) is 0. The van der Waals surface area contributed by atoms with E-state index in [0.717, 1.165) is 55.7 Å². The lowest BCUT2D eigenvalue weighted by molar-refractivity contribution is 0.670. The van der Waals surface area contributed by atoms with E-state index < -0.39 is 5.41 Å². The molecular formula is C65H43NO. The molecule has 12 aromatic rings. The molecule has 11 aromatic carbocycles. The number of rotatable bonds is 8. The van der Waals surface area contributed by atoms with Crippen LogP contribution >= 0.6 is 0 Å². The molecule has 1 aliphatic rings. The van der Waals surface area contributed by atoms with E-state index >= 15 is 0 Å². The Labute approximate surface area is 390 Å². The van der Waals surface area contributed by atoms with Crippen LogP contribution in [0.4, 0.5) is 17.1 Å². The summed E-state index contributed by atoms with van der Waals surface area (Å²) in [4.78, 5) is 2.35. The third kappa shape index (κ3) is 6.26. The molecule has 0 bridgehead atoms. The van der Waals surface area contributed by atoms with Crippen LogP contribution in [0.1, 0.15) is 22.3 Å². The molecule has 314 valence electrons. The highest BCUT2D eigenvalue weighted by atomic mass is 16.3. The Morgan fingerprint density at radius 3 is 1.37 bits per heavy atom. The molecule has 13 rings (SSSR count). The van der Waals surface area contributed by atoms with E-state index in [0.29, 0.717) is 0 Å². The Kier molecular flexibility index (Phi) is 9.11. The molecule has 2 nitrogen and oxygen atoms in total. The van der Waals surface area contributed by atoms with Gasteiger partial charge < -0.3 is 9.32 Å². The third-order valence-corrected chi connectivity index (χ3v) is 14.0. The van der Waals surface area contributed by atoms with Crippen LogP contribution in [0.3, 0.4) is 0 Å². The van der Waals surface area contributed by atoms with Crippen molar-refractivity contribution < 1.29 is 4.42 Å². The smallest absolute Gasteiger partial charge is 0.143 e. The maximum absolute atomic E-state index is 6.45. The SMILES string of the molecule is c1ccc(C2(c3ccc(-c4ccc(N(c5ccc(-c6cccc7ccccc67)cc5)c5ccc(-c6cccc7c6oc6ccccc67)cc5)cc4)cc3)c3ccccc3-c3ccccc32)cc1. The summed E-state index contributed by atoms with van der Waals surface area (Å²) in [6, 6.07) is 94.9. The Balaban J connectivity index is 0.878. The van der Waals surface area contributed by atoms with Crippen LogP contribution in [0.5, 0.6) is 0 Å². The normalized spacial score (nSPS) is 12.6. The molecule has 1 aromatic heterocycles. The van der Waals surface area contributed by atoms with Crippen LogP contribution < -0.4 is 4.90 Å². The van der Waals surface area contributed by atoms with Crippen LogP contribution in [-0.4, -0.2) is 0 Å². The van der Waals surface area contributed by atoms with Crippen LogP contribution in [0.2, 0.25) is 0 Å². The highest BCUT2D eigenvalue weighted by Crippen LogP contribution is 2.56. The minimum absolute atomic E-state index is 0.422. The number of hydrogen-bond acceptors (Lipinski definition) is 2. The van der Waals surface area contributed by atoms with Gasteiger partial charge in [-0.25, -0.2) is 0 Å². The fraction of sp³-hybridized carbons (Fsp3) is 0.0154. The molecule has 2 heteroatoms. The summed E-state index contributed by atoms with van der Waals surface area (Å²) in [5.74, 6) is 0. The number of anilines is 3. The average Bonchev–Trinajstić information content (AvgIpc) is 3.94. The van der Waals surface area contributed by atoms with E-state index in [1.54, 1.807) is 0 Å². The molecule has 0 aliphatic heterocycles. The predicted molar refractivity (Wildman–Crippen MR) is 280 cm³/mol. The minimum atomic E-state index is -0.422. The Hall–Kier alpha value is -8.72. The number of fused-ring (bicyclic) bond motifs is 7. The molecule has 0 N–H and O–H groups in total. The topological polar surface area (TPSA) is 16.4 Å². The third-order valence-electron chi connectivity index (χ3n) is 14.0. The summed E-state index contributed by atoms with van der Waals surface area (Å²) in [5.41, 5.74) is 19.3. The summed E-state index contributed by atoms with van der Waals surface area (Å²) in [6.07, 6.45) is 0. The van der Waals surface area contributed by atoms with Crippen LogP contribution in [-0.2, 0) is 5.41 Å². The first kappa shape index (κ1) is 38.7. The Bertz CT molecular complexity index is 3720. The molecule has 0 fully saturated rings. The van der Waals surface area contributed by atoms with Gasteiger partial charge in [0.25, 0.3) is 0 Å². The van der Waals surface area contributed by atoms with Crippen molar-refractivity contribution >= 4 is 49.8 Å². The van der Waals surface area contributed by atoms with Gasteiger partial charge in [-0.05, 0) is 114 Å². The van der Waals surface area contributed by atoms with Crippen molar-refractivity contribution in [2.75, 3.05) is 4.90 Å². The van der Waals surface area contributed by atoms with Crippen LogP contribution in [0.25, 0.3) is 77.2 Å². The van der Waals surface area contributed by atoms with Crippen molar-refractivity contribution in [2.45, 2.75) is 5.41 Å². The van der Waals surface area contributed by atoms with Gasteiger partial charge in [-0.3, -0.25) is 0 Å². The standard InChI is InChI=1S/C65H43NO/c1-2-16-49(17-3-1)65(61-25-9-6-19-57(61)58-20-7-10-26-62(58)65)50-36-28-44(29-37-50)45-30-38-51(39-31-45)66(52-40-32-47(33-41-52)55-22-12-15-46-14-4-5-18-54(46)55)53-42-34-48(35-43-53)56-23-13-24-60-59-21-8-11-27-63(59)67-64(56)60/h1-43H. The minimum Gasteiger partial charge on any atom is -0.455 e. The predicted octanol–water partition coefficient (Wildman–Crippen LogP) is 17.6. The lowest BCUT2D eigenvalue weighted by atomic mass is 9.67. The van der Waals surface area contributed by atoms with Gasteiger partial charge in [0, 0.05) is 33.4 Å². The quantitative estimate of drug-likeness (QED) is 0.151. The van der Waals surface area contributed by atoms with Gasteiger partial charge in [0.15, 0.2) is 0 Å². The highest BCUT2D eigenvalue weighted by Gasteiger charge is 2.45. The number of hydrogen-bond donors (Lipinski definition) is 0. The molecule has 0 saturated carbocycles. The largest absolute Gasteiger partial charge is 0.455 e. The molecule has 1 heterocycles. The van der Waals surface area contributed by atoms with E-state index in [-0.39, 0.29) is 0 Å². The van der Waals surface area contributed by atoms with Gasteiger partial charge in [-0.15, -0.1) is 0 Å². The van der Waals surface area contributed by atoms with Crippen molar-refractivity contribution in [3.8, 4) is 44.5 Å². The zero-order valence-electron chi connectivity index (χ0n) is 36.7.